The minimum atomic E-state index is -4.01. The molecule has 17 heavy (non-hydrogen) atoms. The fourth-order valence-electron chi connectivity index (χ4n) is 1.91. The van der Waals surface area contributed by atoms with Crippen LogP contribution in [-0.2, 0) is 10.1 Å². The molecule has 96 valence electrons. The van der Waals surface area contributed by atoms with E-state index in [1.54, 1.807) is 24.3 Å². The summed E-state index contributed by atoms with van der Waals surface area (Å²) in [6, 6.07) is 8.91. The van der Waals surface area contributed by atoms with E-state index in [0.29, 0.717) is 12.0 Å². The van der Waals surface area contributed by atoms with Crippen LogP contribution in [0.5, 0.6) is 0 Å². The first-order chi connectivity index (χ1) is 8.05. The van der Waals surface area contributed by atoms with E-state index in [2.05, 4.69) is 6.92 Å². The average molecular weight is 256 g/mol. The van der Waals surface area contributed by atoms with Gasteiger partial charge in [-0.15, -0.1) is 0 Å². The zero-order valence-electron chi connectivity index (χ0n) is 10.2. The van der Waals surface area contributed by atoms with Crippen LogP contribution in [0.25, 0.3) is 0 Å². The molecule has 1 atom stereocenters. The van der Waals surface area contributed by atoms with Crippen molar-refractivity contribution in [3.8, 4) is 0 Å². The molecular weight excluding hydrogens is 236 g/mol. The minimum absolute atomic E-state index is 0.489. The number of benzene rings is 1. The molecule has 3 nitrogen and oxygen atoms in total. The van der Waals surface area contributed by atoms with Crippen LogP contribution in [0.2, 0.25) is 0 Å². The molecule has 0 amide bonds. The molecular formula is C13H20O3S. The van der Waals surface area contributed by atoms with Gasteiger partial charge in [-0.3, -0.25) is 4.55 Å². The Morgan fingerprint density at radius 3 is 2.29 bits per heavy atom. The van der Waals surface area contributed by atoms with E-state index in [9.17, 15) is 13.0 Å². The molecule has 0 aliphatic heterocycles. The third-order valence-corrected chi connectivity index (χ3v) is 4.08. The van der Waals surface area contributed by atoms with Crippen LogP contribution in [0.4, 0.5) is 0 Å². The SMILES string of the molecule is CCCCCCC(c1ccccc1)S(=O)(=O)O. The molecule has 0 saturated carbocycles. The van der Waals surface area contributed by atoms with Crippen molar-refractivity contribution in [1.82, 2.24) is 0 Å². The number of hydrogen-bond acceptors (Lipinski definition) is 2. The molecule has 0 aliphatic carbocycles. The Bertz CT molecular complexity index is 412. The average Bonchev–Trinajstić information content (AvgIpc) is 2.28. The van der Waals surface area contributed by atoms with Gasteiger partial charge in [0, 0.05) is 0 Å². The second-order valence-electron chi connectivity index (χ2n) is 4.26. The molecule has 4 heteroatoms. The first-order valence-electron chi connectivity index (χ1n) is 6.07. The van der Waals surface area contributed by atoms with Gasteiger partial charge in [0.1, 0.15) is 5.25 Å². The molecule has 0 heterocycles. The maximum absolute atomic E-state index is 11.4. The highest BCUT2D eigenvalue weighted by Crippen LogP contribution is 2.27. The van der Waals surface area contributed by atoms with Gasteiger partial charge in [0.05, 0.1) is 0 Å². The Hall–Kier alpha value is -0.870. The van der Waals surface area contributed by atoms with Crippen LogP contribution >= 0.6 is 0 Å². The van der Waals surface area contributed by atoms with Crippen molar-refractivity contribution in [3.05, 3.63) is 35.9 Å². The first-order valence-corrected chi connectivity index (χ1v) is 7.57. The van der Waals surface area contributed by atoms with E-state index in [1.165, 1.54) is 0 Å². The first kappa shape index (κ1) is 14.2. The Morgan fingerprint density at radius 1 is 1.12 bits per heavy atom. The fraction of sp³-hybridized carbons (Fsp3) is 0.538. The van der Waals surface area contributed by atoms with Crippen LogP contribution in [0.1, 0.15) is 49.8 Å². The van der Waals surface area contributed by atoms with Crippen molar-refractivity contribution in [3.63, 3.8) is 0 Å². The van der Waals surface area contributed by atoms with Gasteiger partial charge in [-0.2, -0.15) is 8.42 Å². The van der Waals surface area contributed by atoms with Crippen LogP contribution < -0.4 is 0 Å². The number of hydrogen-bond donors (Lipinski definition) is 1. The van der Waals surface area contributed by atoms with Crippen molar-refractivity contribution in [2.45, 2.75) is 44.3 Å². The van der Waals surface area contributed by atoms with Crippen LogP contribution in [-0.4, -0.2) is 13.0 Å². The molecule has 0 aliphatic rings. The van der Waals surface area contributed by atoms with Gasteiger partial charge in [0.25, 0.3) is 10.1 Å². The minimum Gasteiger partial charge on any atom is -0.285 e. The number of unbranched alkanes of at least 4 members (excludes halogenated alkanes) is 3. The lowest BCUT2D eigenvalue weighted by Gasteiger charge is -2.13. The van der Waals surface area contributed by atoms with E-state index < -0.39 is 15.4 Å². The standard InChI is InChI=1S/C13H20O3S/c1-2-3-4-8-11-13(17(14,15)16)12-9-6-5-7-10-12/h5-7,9-10,13H,2-4,8,11H2,1H3,(H,14,15,16). The second-order valence-corrected chi connectivity index (χ2v) is 5.86. The molecule has 0 aromatic heterocycles. The predicted octanol–water partition coefficient (Wildman–Crippen LogP) is 3.59. The Morgan fingerprint density at radius 2 is 1.76 bits per heavy atom. The summed E-state index contributed by atoms with van der Waals surface area (Å²) in [5, 5.41) is -0.777. The molecule has 1 unspecified atom stereocenters. The predicted molar refractivity (Wildman–Crippen MR) is 69.5 cm³/mol. The lowest BCUT2D eigenvalue weighted by atomic mass is 10.1. The van der Waals surface area contributed by atoms with Crippen molar-refractivity contribution in [2.75, 3.05) is 0 Å². The van der Waals surface area contributed by atoms with Crippen LogP contribution in [0, 0.1) is 0 Å². The molecule has 0 spiro atoms. The van der Waals surface area contributed by atoms with Crippen molar-refractivity contribution in [1.29, 1.82) is 0 Å². The largest absolute Gasteiger partial charge is 0.285 e. The topological polar surface area (TPSA) is 54.4 Å². The van der Waals surface area contributed by atoms with E-state index in [4.69, 9.17) is 0 Å². The van der Waals surface area contributed by atoms with Crippen molar-refractivity contribution in [2.24, 2.45) is 0 Å². The van der Waals surface area contributed by atoms with Gasteiger partial charge >= 0.3 is 0 Å². The highest BCUT2D eigenvalue weighted by Gasteiger charge is 2.23. The Labute approximate surface area is 104 Å². The van der Waals surface area contributed by atoms with E-state index >= 15 is 0 Å². The summed E-state index contributed by atoms with van der Waals surface area (Å²) in [5.41, 5.74) is 0.673. The molecule has 0 radical (unpaired) electrons. The smallest absolute Gasteiger partial charge is 0.271 e. The monoisotopic (exact) mass is 256 g/mol. The zero-order valence-corrected chi connectivity index (χ0v) is 11.0. The summed E-state index contributed by atoms with van der Waals surface area (Å²) in [6.45, 7) is 2.11. The van der Waals surface area contributed by atoms with Crippen molar-refractivity contribution < 1.29 is 13.0 Å². The summed E-state index contributed by atoms with van der Waals surface area (Å²) >= 11 is 0. The molecule has 1 rings (SSSR count). The molecule has 0 bridgehead atoms. The van der Waals surface area contributed by atoms with E-state index in [0.717, 1.165) is 25.7 Å². The normalized spacial score (nSPS) is 13.5. The lowest BCUT2D eigenvalue weighted by molar-refractivity contribution is 0.459. The van der Waals surface area contributed by atoms with Crippen LogP contribution in [0.3, 0.4) is 0 Å². The number of rotatable bonds is 7. The van der Waals surface area contributed by atoms with Gasteiger partial charge in [-0.1, -0.05) is 62.9 Å². The fourth-order valence-corrected chi connectivity index (χ4v) is 2.88. The van der Waals surface area contributed by atoms with Gasteiger partial charge in [-0.25, -0.2) is 0 Å². The Kier molecular flexibility index (Phi) is 5.65. The quantitative estimate of drug-likeness (QED) is 0.599. The summed E-state index contributed by atoms with van der Waals surface area (Å²) < 4.78 is 32.0. The molecule has 1 aromatic rings. The van der Waals surface area contributed by atoms with Crippen LogP contribution in [0.15, 0.2) is 30.3 Å². The van der Waals surface area contributed by atoms with Crippen molar-refractivity contribution >= 4 is 10.1 Å². The maximum atomic E-state index is 11.4. The second kappa shape index (κ2) is 6.77. The summed E-state index contributed by atoms with van der Waals surface area (Å²) in [4.78, 5) is 0. The summed E-state index contributed by atoms with van der Waals surface area (Å²) in [7, 11) is -4.01. The van der Waals surface area contributed by atoms with Gasteiger partial charge in [0.15, 0.2) is 0 Å². The van der Waals surface area contributed by atoms with Gasteiger partial charge in [0.2, 0.25) is 0 Å². The van der Waals surface area contributed by atoms with E-state index in [1.807, 2.05) is 6.07 Å². The molecule has 1 N–H and O–H groups in total. The maximum Gasteiger partial charge on any atom is 0.271 e. The highest BCUT2D eigenvalue weighted by atomic mass is 32.2. The molecule has 0 fully saturated rings. The van der Waals surface area contributed by atoms with Gasteiger partial charge < -0.3 is 0 Å². The highest BCUT2D eigenvalue weighted by molar-refractivity contribution is 7.86. The zero-order chi connectivity index (χ0) is 12.7. The van der Waals surface area contributed by atoms with E-state index in [-0.39, 0.29) is 0 Å². The summed E-state index contributed by atoms with van der Waals surface area (Å²) in [6.07, 6.45) is 4.54. The summed E-state index contributed by atoms with van der Waals surface area (Å²) in [5.74, 6) is 0. The van der Waals surface area contributed by atoms with Gasteiger partial charge in [-0.05, 0) is 12.0 Å². The third kappa shape index (κ3) is 4.88. The Balaban J connectivity index is 2.70. The lowest BCUT2D eigenvalue weighted by Crippen LogP contribution is -2.12. The molecule has 1 aromatic carbocycles. The third-order valence-electron chi connectivity index (χ3n) is 2.85. The molecule has 0 saturated heterocycles.